The van der Waals surface area contributed by atoms with Gasteiger partial charge in [0.1, 0.15) is 0 Å². The van der Waals surface area contributed by atoms with Gasteiger partial charge in [-0.2, -0.15) is 0 Å². The Hall–Kier alpha value is -0.860. The highest BCUT2D eigenvalue weighted by Crippen LogP contribution is 2.15. The summed E-state index contributed by atoms with van der Waals surface area (Å²) in [6.45, 7) is 5.18. The second-order valence-electron chi connectivity index (χ2n) is 5.23. The molecule has 0 amide bonds. The van der Waals surface area contributed by atoms with Gasteiger partial charge >= 0.3 is 0 Å². The van der Waals surface area contributed by atoms with Crippen molar-refractivity contribution in [2.75, 3.05) is 26.8 Å². The summed E-state index contributed by atoms with van der Waals surface area (Å²) in [4.78, 5) is 0. The Bertz CT molecular complexity index is 299. The number of hydrogen-bond donors (Lipinski definition) is 1. The summed E-state index contributed by atoms with van der Waals surface area (Å²) in [5.41, 5.74) is 1.46. The van der Waals surface area contributed by atoms with Crippen LogP contribution in [0, 0.1) is 5.92 Å². The zero-order chi connectivity index (χ0) is 13.8. The lowest BCUT2D eigenvalue weighted by molar-refractivity contribution is 0.197. The Morgan fingerprint density at radius 2 is 1.95 bits per heavy atom. The van der Waals surface area contributed by atoms with Crippen LogP contribution < -0.4 is 5.32 Å². The zero-order valence-corrected chi connectivity index (χ0v) is 12.5. The lowest BCUT2D eigenvalue weighted by Gasteiger charge is -2.16. The van der Waals surface area contributed by atoms with Gasteiger partial charge in [0.05, 0.1) is 6.61 Å². The summed E-state index contributed by atoms with van der Waals surface area (Å²) in [6, 6.07) is 10.8. The number of hydrogen-bond acceptors (Lipinski definition) is 2. The third kappa shape index (κ3) is 8.02. The molecular formula is C17H29NO. The van der Waals surface area contributed by atoms with Gasteiger partial charge in [-0.1, -0.05) is 43.7 Å². The minimum absolute atomic E-state index is 0.808. The van der Waals surface area contributed by atoms with E-state index in [1.807, 2.05) is 0 Å². The van der Waals surface area contributed by atoms with Crippen molar-refractivity contribution < 1.29 is 4.74 Å². The fourth-order valence-electron chi connectivity index (χ4n) is 2.48. The molecule has 0 aliphatic heterocycles. The third-order valence-electron chi connectivity index (χ3n) is 3.53. The van der Waals surface area contributed by atoms with Crippen LogP contribution in [0.1, 0.15) is 38.2 Å². The van der Waals surface area contributed by atoms with E-state index in [0.29, 0.717) is 0 Å². The maximum atomic E-state index is 5.06. The standard InChI is InChI=1S/C17H29NO/c1-3-8-17(15-18-13-14-19-2)12-7-11-16-9-5-4-6-10-16/h4-6,9-10,17-18H,3,7-8,11-15H2,1-2H3. The molecule has 1 rings (SSSR count). The van der Waals surface area contributed by atoms with Crippen molar-refractivity contribution in [3.8, 4) is 0 Å². The highest BCUT2D eigenvalue weighted by atomic mass is 16.5. The average Bonchev–Trinajstić information content (AvgIpc) is 2.44. The molecule has 0 bridgehead atoms. The quantitative estimate of drug-likeness (QED) is 0.615. The molecule has 1 N–H and O–H groups in total. The molecular weight excluding hydrogens is 234 g/mol. The Morgan fingerprint density at radius 3 is 2.63 bits per heavy atom. The van der Waals surface area contributed by atoms with Crippen LogP contribution in [0.5, 0.6) is 0 Å². The number of methoxy groups -OCH3 is 1. The van der Waals surface area contributed by atoms with Crippen molar-refractivity contribution >= 4 is 0 Å². The van der Waals surface area contributed by atoms with Gasteiger partial charge in [-0.3, -0.25) is 0 Å². The van der Waals surface area contributed by atoms with Gasteiger partial charge in [-0.15, -0.1) is 0 Å². The number of ether oxygens (including phenoxy) is 1. The highest BCUT2D eigenvalue weighted by molar-refractivity contribution is 5.14. The van der Waals surface area contributed by atoms with Gasteiger partial charge in [0.2, 0.25) is 0 Å². The monoisotopic (exact) mass is 263 g/mol. The Balaban J connectivity index is 2.17. The molecule has 2 heteroatoms. The van der Waals surface area contributed by atoms with Gasteiger partial charge in [-0.25, -0.2) is 0 Å². The zero-order valence-electron chi connectivity index (χ0n) is 12.5. The predicted molar refractivity (Wildman–Crippen MR) is 82.5 cm³/mol. The van der Waals surface area contributed by atoms with E-state index in [-0.39, 0.29) is 0 Å². The van der Waals surface area contributed by atoms with E-state index in [1.165, 1.54) is 37.7 Å². The van der Waals surface area contributed by atoms with Crippen molar-refractivity contribution in [2.24, 2.45) is 5.92 Å². The molecule has 1 aromatic rings. The van der Waals surface area contributed by atoms with Crippen molar-refractivity contribution in [3.63, 3.8) is 0 Å². The van der Waals surface area contributed by atoms with E-state index in [9.17, 15) is 0 Å². The minimum atomic E-state index is 0.808. The summed E-state index contributed by atoms with van der Waals surface area (Å²) in [7, 11) is 1.76. The topological polar surface area (TPSA) is 21.3 Å². The highest BCUT2D eigenvalue weighted by Gasteiger charge is 2.07. The van der Waals surface area contributed by atoms with Crippen molar-refractivity contribution in [1.29, 1.82) is 0 Å². The largest absolute Gasteiger partial charge is 0.383 e. The number of nitrogens with one attached hydrogen (secondary N) is 1. The maximum absolute atomic E-state index is 5.06. The number of rotatable bonds is 11. The van der Waals surface area contributed by atoms with Crippen LogP contribution in [-0.4, -0.2) is 26.8 Å². The lowest BCUT2D eigenvalue weighted by atomic mass is 9.95. The maximum Gasteiger partial charge on any atom is 0.0587 e. The van der Waals surface area contributed by atoms with E-state index in [2.05, 4.69) is 42.6 Å². The fraction of sp³-hybridized carbons (Fsp3) is 0.647. The third-order valence-corrected chi connectivity index (χ3v) is 3.53. The molecule has 1 aromatic carbocycles. The first-order valence-corrected chi connectivity index (χ1v) is 7.60. The lowest BCUT2D eigenvalue weighted by Crippen LogP contribution is -2.26. The molecule has 1 atom stereocenters. The molecule has 0 saturated carbocycles. The molecule has 0 radical (unpaired) electrons. The van der Waals surface area contributed by atoms with Gasteiger partial charge in [0, 0.05) is 13.7 Å². The molecule has 0 heterocycles. The van der Waals surface area contributed by atoms with Gasteiger partial charge in [0.15, 0.2) is 0 Å². The molecule has 19 heavy (non-hydrogen) atoms. The van der Waals surface area contributed by atoms with Crippen LogP contribution in [0.4, 0.5) is 0 Å². The molecule has 0 spiro atoms. The summed E-state index contributed by atoms with van der Waals surface area (Å²) >= 11 is 0. The molecule has 0 aliphatic rings. The Labute approximate surface area is 118 Å². The molecule has 1 unspecified atom stereocenters. The van der Waals surface area contributed by atoms with E-state index in [4.69, 9.17) is 4.74 Å². The van der Waals surface area contributed by atoms with Crippen LogP contribution in [0.15, 0.2) is 30.3 Å². The average molecular weight is 263 g/mol. The van der Waals surface area contributed by atoms with E-state index in [1.54, 1.807) is 7.11 Å². The summed E-state index contributed by atoms with van der Waals surface area (Å²) in [5.74, 6) is 0.811. The number of benzene rings is 1. The second kappa shape index (κ2) is 11.0. The molecule has 0 aromatic heterocycles. The minimum Gasteiger partial charge on any atom is -0.383 e. The Morgan fingerprint density at radius 1 is 1.16 bits per heavy atom. The molecule has 2 nitrogen and oxygen atoms in total. The number of aryl methyl sites for hydroxylation is 1. The van der Waals surface area contributed by atoms with Crippen LogP contribution >= 0.6 is 0 Å². The molecule has 0 saturated heterocycles. The first-order chi connectivity index (χ1) is 9.36. The van der Waals surface area contributed by atoms with Crippen LogP contribution in [0.25, 0.3) is 0 Å². The molecule has 0 fully saturated rings. The van der Waals surface area contributed by atoms with Crippen LogP contribution in [0.3, 0.4) is 0 Å². The van der Waals surface area contributed by atoms with Gasteiger partial charge < -0.3 is 10.1 Å². The van der Waals surface area contributed by atoms with E-state index < -0.39 is 0 Å². The smallest absolute Gasteiger partial charge is 0.0587 e. The van der Waals surface area contributed by atoms with E-state index in [0.717, 1.165) is 25.6 Å². The Kier molecular flexibility index (Phi) is 9.38. The predicted octanol–water partition coefficient (Wildman–Crippen LogP) is 3.66. The first-order valence-electron chi connectivity index (χ1n) is 7.60. The van der Waals surface area contributed by atoms with E-state index >= 15 is 0 Å². The SMILES string of the molecule is CCCC(CCCc1ccccc1)CNCCOC. The summed E-state index contributed by atoms with van der Waals surface area (Å²) in [6.07, 6.45) is 6.43. The fourth-order valence-corrected chi connectivity index (χ4v) is 2.48. The van der Waals surface area contributed by atoms with Crippen molar-refractivity contribution in [3.05, 3.63) is 35.9 Å². The molecule has 0 aliphatic carbocycles. The molecule has 108 valence electrons. The first kappa shape index (κ1) is 16.2. The van der Waals surface area contributed by atoms with Crippen LogP contribution in [-0.2, 0) is 11.2 Å². The normalized spacial score (nSPS) is 12.5. The summed E-state index contributed by atoms with van der Waals surface area (Å²) < 4.78 is 5.06. The van der Waals surface area contributed by atoms with Gasteiger partial charge in [-0.05, 0) is 43.7 Å². The van der Waals surface area contributed by atoms with Crippen molar-refractivity contribution in [2.45, 2.75) is 39.0 Å². The van der Waals surface area contributed by atoms with Crippen molar-refractivity contribution in [1.82, 2.24) is 5.32 Å². The summed E-state index contributed by atoms with van der Waals surface area (Å²) in [5, 5.41) is 3.49. The second-order valence-corrected chi connectivity index (χ2v) is 5.23. The van der Waals surface area contributed by atoms with Gasteiger partial charge in [0.25, 0.3) is 0 Å². The van der Waals surface area contributed by atoms with Crippen LogP contribution in [0.2, 0.25) is 0 Å².